The molecule has 7 aromatic rings. The Hall–Kier alpha value is -6.20. The van der Waals surface area contributed by atoms with Crippen LogP contribution in [0.1, 0.15) is 69.4 Å². The van der Waals surface area contributed by atoms with Crippen LogP contribution in [-0.2, 0) is 17.3 Å². The second-order valence-electron chi connectivity index (χ2n) is 16.9. The summed E-state index contributed by atoms with van der Waals surface area (Å²) in [6.45, 7) is 15.4. The minimum atomic E-state index is -0.469. The average molecular weight is 756 g/mol. The number of hydrogen-bond donors (Lipinski definition) is 0. The number of anilines is 3. The van der Waals surface area contributed by atoms with E-state index in [4.69, 9.17) is 9.47 Å². The third kappa shape index (κ3) is 7.19. The van der Waals surface area contributed by atoms with Crippen molar-refractivity contribution in [2.75, 3.05) is 4.90 Å². The molecular formula is C52H47F2NO2. The number of nitrogens with zero attached hydrogens (tertiary/aromatic N) is 1. The van der Waals surface area contributed by atoms with Crippen LogP contribution >= 0.6 is 0 Å². The van der Waals surface area contributed by atoms with E-state index in [2.05, 4.69) is 64.6 Å². The Balaban J connectivity index is 1.58. The van der Waals surface area contributed by atoms with E-state index in [0.717, 1.165) is 78.6 Å². The Morgan fingerprint density at radius 1 is 0.544 bits per heavy atom. The zero-order valence-electron chi connectivity index (χ0n) is 33.6. The molecular weight excluding hydrogens is 709 g/mol. The highest BCUT2D eigenvalue weighted by molar-refractivity contribution is 6.04. The molecule has 0 saturated heterocycles. The predicted molar refractivity (Wildman–Crippen MR) is 230 cm³/mol. The molecule has 3 nitrogen and oxygen atoms in total. The lowest BCUT2D eigenvalue weighted by atomic mass is 9.68. The van der Waals surface area contributed by atoms with Crippen LogP contribution < -0.4 is 14.4 Å². The molecule has 7 aromatic carbocycles. The maximum absolute atomic E-state index is 15.7. The maximum atomic E-state index is 15.7. The molecule has 0 fully saturated rings. The van der Waals surface area contributed by atoms with Gasteiger partial charge in [-0.05, 0) is 117 Å². The fourth-order valence-corrected chi connectivity index (χ4v) is 8.37. The smallest absolute Gasteiger partial charge is 0.151 e. The summed E-state index contributed by atoms with van der Waals surface area (Å²) >= 11 is 0. The summed E-state index contributed by atoms with van der Waals surface area (Å²) in [7, 11) is 0. The number of rotatable bonds is 7. The molecule has 1 heterocycles. The van der Waals surface area contributed by atoms with Gasteiger partial charge < -0.3 is 14.4 Å². The van der Waals surface area contributed by atoms with Gasteiger partial charge in [0.15, 0.2) is 11.5 Å². The summed E-state index contributed by atoms with van der Waals surface area (Å²) in [6, 6.07) is 45.9. The number of para-hydroxylation sites is 6. The number of aryl methyl sites for hydroxylation is 1. The molecule has 5 heteroatoms. The van der Waals surface area contributed by atoms with Crippen molar-refractivity contribution < 1.29 is 18.3 Å². The van der Waals surface area contributed by atoms with Crippen LogP contribution in [0.4, 0.5) is 25.8 Å². The molecule has 1 aliphatic heterocycles. The van der Waals surface area contributed by atoms with Gasteiger partial charge in [-0.2, -0.15) is 0 Å². The Kier molecular flexibility index (Phi) is 9.73. The highest BCUT2D eigenvalue weighted by Gasteiger charge is 2.39. The third-order valence-electron chi connectivity index (χ3n) is 10.6. The van der Waals surface area contributed by atoms with E-state index in [1.165, 1.54) is 12.1 Å². The van der Waals surface area contributed by atoms with E-state index >= 15 is 8.78 Å². The molecule has 0 unspecified atom stereocenters. The molecule has 0 aromatic heterocycles. The molecule has 286 valence electrons. The fourth-order valence-electron chi connectivity index (χ4n) is 8.37. The van der Waals surface area contributed by atoms with Gasteiger partial charge in [0.25, 0.3) is 0 Å². The predicted octanol–water partition coefficient (Wildman–Crippen LogP) is 15.2. The van der Waals surface area contributed by atoms with E-state index < -0.39 is 10.8 Å². The average Bonchev–Trinajstić information content (AvgIpc) is 3.17. The molecule has 0 N–H and O–H groups in total. The summed E-state index contributed by atoms with van der Waals surface area (Å²) in [4.78, 5) is 2.25. The summed E-state index contributed by atoms with van der Waals surface area (Å²) in [6.07, 6.45) is 0.502. The third-order valence-corrected chi connectivity index (χ3v) is 10.6. The van der Waals surface area contributed by atoms with E-state index in [1.807, 2.05) is 97.9 Å². The van der Waals surface area contributed by atoms with Gasteiger partial charge in [0.1, 0.15) is 23.1 Å². The van der Waals surface area contributed by atoms with E-state index in [-0.39, 0.29) is 11.6 Å². The van der Waals surface area contributed by atoms with Gasteiger partial charge >= 0.3 is 0 Å². The lowest BCUT2D eigenvalue weighted by molar-refractivity contribution is 0.473. The minimum Gasteiger partial charge on any atom is -0.457 e. The van der Waals surface area contributed by atoms with Crippen LogP contribution in [0.2, 0.25) is 0 Å². The number of fused-ring (bicyclic) bond motifs is 2. The maximum Gasteiger partial charge on any atom is 0.151 e. The fraction of sp³-hybridized carbons (Fsp3) is 0.192. The van der Waals surface area contributed by atoms with Crippen molar-refractivity contribution in [2.45, 2.75) is 65.7 Å². The van der Waals surface area contributed by atoms with E-state index in [0.29, 0.717) is 17.9 Å². The van der Waals surface area contributed by atoms with Gasteiger partial charge in [-0.3, -0.25) is 0 Å². The van der Waals surface area contributed by atoms with E-state index in [9.17, 15) is 0 Å². The number of halogens is 2. The van der Waals surface area contributed by atoms with Crippen LogP contribution in [0.25, 0.3) is 22.3 Å². The van der Waals surface area contributed by atoms with Crippen molar-refractivity contribution in [1.82, 2.24) is 0 Å². The Bertz CT molecular complexity index is 2500. The molecule has 57 heavy (non-hydrogen) atoms. The van der Waals surface area contributed by atoms with Crippen molar-refractivity contribution in [1.29, 1.82) is 0 Å². The standard InChI is InChI=1S/C52H47F2NO2/c1-33-18-8-12-26-42(33)56-43-27-13-9-19-34(43)32-39-48(51(2,3)4)46(35-20-16-22-37(53)30-35)50(47(49(39)52(5,6)7)36-21-17-23-38(54)31-36)55-40-24-10-14-28-44(40)57-45-29-15-11-25-41(45)55/h8-31H,32H2,1-7H3. The topological polar surface area (TPSA) is 21.7 Å². The van der Waals surface area contributed by atoms with Crippen LogP contribution in [0.15, 0.2) is 146 Å². The molecule has 0 spiro atoms. The summed E-state index contributed by atoms with van der Waals surface area (Å²) in [5.74, 6) is 2.24. The van der Waals surface area contributed by atoms with Gasteiger partial charge in [-0.1, -0.05) is 126 Å². The zero-order chi connectivity index (χ0) is 40.1. The molecule has 8 rings (SSSR count). The zero-order valence-corrected chi connectivity index (χ0v) is 33.6. The van der Waals surface area contributed by atoms with E-state index in [1.54, 1.807) is 24.3 Å². The summed E-state index contributed by atoms with van der Waals surface area (Å²) < 4.78 is 44.7. The van der Waals surface area contributed by atoms with Gasteiger partial charge in [0.05, 0.1) is 17.1 Å². The normalized spacial score (nSPS) is 12.5. The monoisotopic (exact) mass is 755 g/mol. The first-order valence-electron chi connectivity index (χ1n) is 19.5. The van der Waals surface area contributed by atoms with Crippen molar-refractivity contribution in [3.05, 3.63) is 185 Å². The first-order valence-corrected chi connectivity index (χ1v) is 19.5. The van der Waals surface area contributed by atoms with Crippen LogP contribution in [0.5, 0.6) is 23.0 Å². The van der Waals surface area contributed by atoms with Crippen molar-refractivity contribution in [3.8, 4) is 45.3 Å². The lowest BCUT2D eigenvalue weighted by Gasteiger charge is -2.42. The Morgan fingerprint density at radius 2 is 1.02 bits per heavy atom. The largest absolute Gasteiger partial charge is 0.457 e. The van der Waals surface area contributed by atoms with Crippen LogP contribution in [-0.4, -0.2) is 0 Å². The van der Waals surface area contributed by atoms with Crippen molar-refractivity contribution >= 4 is 17.1 Å². The summed E-state index contributed by atoms with van der Waals surface area (Å²) in [5, 5.41) is 0. The van der Waals surface area contributed by atoms with Gasteiger partial charge in [0, 0.05) is 17.5 Å². The second kappa shape index (κ2) is 14.7. The first-order chi connectivity index (χ1) is 27.3. The highest BCUT2D eigenvalue weighted by Crippen LogP contribution is 2.59. The number of hydrogen-bond acceptors (Lipinski definition) is 3. The Morgan fingerprint density at radius 3 is 1.53 bits per heavy atom. The van der Waals surface area contributed by atoms with Gasteiger partial charge in [-0.15, -0.1) is 0 Å². The van der Waals surface area contributed by atoms with Gasteiger partial charge in [0.2, 0.25) is 0 Å². The van der Waals surface area contributed by atoms with Crippen LogP contribution in [0.3, 0.4) is 0 Å². The van der Waals surface area contributed by atoms with Gasteiger partial charge in [-0.25, -0.2) is 8.78 Å². The SMILES string of the molecule is Cc1ccccc1Oc1ccccc1Cc1c(C(C)(C)C)c(-c2cccc(F)c2)c(N2c3ccccc3Oc3ccccc32)c(-c2cccc(F)c2)c1C(C)(C)C. The first kappa shape index (κ1) is 37.7. The highest BCUT2D eigenvalue weighted by atomic mass is 19.1. The Labute approximate surface area is 335 Å². The minimum absolute atomic E-state index is 0.341. The summed E-state index contributed by atoms with van der Waals surface area (Å²) in [5.41, 5.74) is 10.0. The molecule has 0 amide bonds. The van der Waals surface area contributed by atoms with Crippen molar-refractivity contribution in [3.63, 3.8) is 0 Å². The molecule has 0 radical (unpaired) electrons. The number of benzene rings is 7. The molecule has 0 aliphatic carbocycles. The molecule has 1 aliphatic rings. The molecule has 0 atom stereocenters. The molecule has 0 saturated carbocycles. The lowest BCUT2D eigenvalue weighted by Crippen LogP contribution is -2.27. The quantitative estimate of drug-likeness (QED) is 0.162. The second-order valence-corrected chi connectivity index (χ2v) is 16.9. The molecule has 0 bridgehead atoms. The van der Waals surface area contributed by atoms with Crippen molar-refractivity contribution in [2.24, 2.45) is 0 Å². The number of ether oxygens (including phenoxy) is 2. The van der Waals surface area contributed by atoms with Crippen LogP contribution in [0, 0.1) is 18.6 Å².